The molecule has 0 bridgehead atoms. The van der Waals surface area contributed by atoms with Crippen molar-refractivity contribution in [3.05, 3.63) is 41.2 Å². The number of amides is 1. The van der Waals surface area contributed by atoms with Crippen LogP contribution in [0.2, 0.25) is 0 Å². The lowest BCUT2D eigenvalue weighted by atomic mass is 9.98. The van der Waals surface area contributed by atoms with Crippen LogP contribution < -0.4 is 9.47 Å². The molecule has 2 heterocycles. The van der Waals surface area contributed by atoms with E-state index in [1.54, 1.807) is 25.1 Å². The van der Waals surface area contributed by atoms with Gasteiger partial charge in [-0.05, 0) is 42.2 Å². The molecule has 1 aliphatic rings. The predicted octanol–water partition coefficient (Wildman–Crippen LogP) is 1.79. The first kappa shape index (κ1) is 15.4. The van der Waals surface area contributed by atoms with Crippen molar-refractivity contribution >= 4 is 5.91 Å². The minimum absolute atomic E-state index is 0.0773. The molecule has 0 fully saturated rings. The first-order valence-electron chi connectivity index (χ1n) is 7.61. The van der Waals surface area contributed by atoms with Crippen molar-refractivity contribution in [3.63, 3.8) is 0 Å². The van der Waals surface area contributed by atoms with E-state index in [4.69, 9.17) is 9.47 Å². The van der Waals surface area contributed by atoms with E-state index in [1.807, 2.05) is 30.2 Å². The first-order chi connectivity index (χ1) is 11.1. The number of rotatable bonds is 4. The van der Waals surface area contributed by atoms with Crippen molar-refractivity contribution in [3.8, 4) is 11.5 Å². The zero-order valence-corrected chi connectivity index (χ0v) is 13.7. The van der Waals surface area contributed by atoms with Crippen LogP contribution in [-0.2, 0) is 24.3 Å². The molecule has 1 amide bonds. The van der Waals surface area contributed by atoms with Gasteiger partial charge in [-0.15, -0.1) is 0 Å². The summed E-state index contributed by atoms with van der Waals surface area (Å²) in [5, 5.41) is 4.18. The van der Waals surface area contributed by atoms with Crippen LogP contribution in [0.5, 0.6) is 11.5 Å². The molecule has 2 aromatic rings. The molecule has 1 aromatic carbocycles. The summed E-state index contributed by atoms with van der Waals surface area (Å²) in [4.78, 5) is 14.3. The van der Waals surface area contributed by atoms with E-state index in [0.717, 1.165) is 23.3 Å². The monoisotopic (exact) mass is 315 g/mol. The lowest BCUT2D eigenvalue weighted by Gasteiger charge is -2.29. The zero-order chi connectivity index (χ0) is 16.4. The van der Waals surface area contributed by atoms with E-state index < -0.39 is 0 Å². The van der Waals surface area contributed by atoms with Crippen LogP contribution in [0.25, 0.3) is 0 Å². The summed E-state index contributed by atoms with van der Waals surface area (Å²) in [5.41, 5.74) is 3.37. The van der Waals surface area contributed by atoms with E-state index in [0.29, 0.717) is 18.8 Å². The molecule has 0 spiro atoms. The van der Waals surface area contributed by atoms with E-state index in [2.05, 4.69) is 5.10 Å². The van der Waals surface area contributed by atoms with Crippen LogP contribution in [0, 0.1) is 6.92 Å². The number of benzene rings is 1. The lowest BCUT2D eigenvalue weighted by Crippen LogP contribution is -2.38. The van der Waals surface area contributed by atoms with Gasteiger partial charge in [0, 0.05) is 19.3 Å². The Morgan fingerprint density at radius 1 is 1.22 bits per heavy atom. The SMILES string of the molecule is COc1cc2c(cc1OC)CN(C(=O)Cn1cc(C)cn1)CC2. The Kier molecular flexibility index (Phi) is 4.23. The third-order valence-electron chi connectivity index (χ3n) is 4.13. The highest BCUT2D eigenvalue weighted by atomic mass is 16.5. The predicted molar refractivity (Wildman–Crippen MR) is 85.6 cm³/mol. The Morgan fingerprint density at radius 2 is 1.91 bits per heavy atom. The van der Waals surface area contributed by atoms with Crippen molar-refractivity contribution in [1.82, 2.24) is 14.7 Å². The third kappa shape index (κ3) is 3.16. The summed E-state index contributed by atoms with van der Waals surface area (Å²) >= 11 is 0. The van der Waals surface area contributed by atoms with Gasteiger partial charge in [-0.3, -0.25) is 9.48 Å². The van der Waals surface area contributed by atoms with Crippen molar-refractivity contribution in [2.75, 3.05) is 20.8 Å². The molecule has 0 aliphatic carbocycles. The van der Waals surface area contributed by atoms with Crippen molar-refractivity contribution < 1.29 is 14.3 Å². The van der Waals surface area contributed by atoms with E-state index in [9.17, 15) is 4.79 Å². The average molecular weight is 315 g/mol. The molecule has 0 radical (unpaired) electrons. The average Bonchev–Trinajstić information content (AvgIpc) is 2.97. The smallest absolute Gasteiger partial charge is 0.244 e. The van der Waals surface area contributed by atoms with E-state index in [-0.39, 0.29) is 12.5 Å². The van der Waals surface area contributed by atoms with Gasteiger partial charge in [0.05, 0.1) is 20.4 Å². The molecular formula is C17H21N3O3. The maximum Gasteiger partial charge on any atom is 0.244 e. The zero-order valence-electron chi connectivity index (χ0n) is 13.7. The van der Waals surface area contributed by atoms with Gasteiger partial charge >= 0.3 is 0 Å². The number of aryl methyl sites for hydroxylation is 1. The minimum atomic E-state index is 0.0773. The molecule has 3 rings (SSSR count). The molecule has 6 heteroatoms. The summed E-state index contributed by atoms with van der Waals surface area (Å²) in [5.74, 6) is 1.51. The molecule has 122 valence electrons. The molecular weight excluding hydrogens is 294 g/mol. The standard InChI is InChI=1S/C17H21N3O3/c1-12-8-18-20(9-12)11-17(21)19-5-4-13-6-15(22-2)16(23-3)7-14(13)10-19/h6-9H,4-5,10-11H2,1-3H3. The third-order valence-corrected chi connectivity index (χ3v) is 4.13. The van der Waals surface area contributed by atoms with Gasteiger partial charge in [-0.25, -0.2) is 0 Å². The number of carbonyl (C=O) groups is 1. The number of ether oxygens (including phenoxy) is 2. The van der Waals surface area contributed by atoms with Gasteiger partial charge in [-0.1, -0.05) is 0 Å². The van der Waals surface area contributed by atoms with Gasteiger partial charge in [-0.2, -0.15) is 5.10 Å². The quantitative estimate of drug-likeness (QED) is 0.863. The molecule has 0 atom stereocenters. The van der Waals surface area contributed by atoms with Crippen LogP contribution in [0.1, 0.15) is 16.7 Å². The van der Waals surface area contributed by atoms with Gasteiger partial charge in [0.1, 0.15) is 6.54 Å². The fourth-order valence-electron chi connectivity index (χ4n) is 2.89. The summed E-state index contributed by atoms with van der Waals surface area (Å²) in [6, 6.07) is 3.97. The largest absolute Gasteiger partial charge is 0.493 e. The molecule has 1 aromatic heterocycles. The summed E-state index contributed by atoms with van der Waals surface area (Å²) in [6.45, 7) is 3.54. The Hall–Kier alpha value is -2.50. The highest BCUT2D eigenvalue weighted by Gasteiger charge is 2.23. The van der Waals surface area contributed by atoms with Crippen molar-refractivity contribution in [2.24, 2.45) is 0 Å². The molecule has 0 unspecified atom stereocenters. The van der Waals surface area contributed by atoms with Crippen molar-refractivity contribution in [2.45, 2.75) is 26.4 Å². The normalized spacial score (nSPS) is 13.6. The topological polar surface area (TPSA) is 56.6 Å². The molecule has 0 saturated heterocycles. The van der Waals surface area contributed by atoms with Crippen LogP contribution in [0.4, 0.5) is 0 Å². The summed E-state index contributed by atoms with van der Waals surface area (Å²) in [6.07, 6.45) is 4.46. The lowest BCUT2D eigenvalue weighted by molar-refractivity contribution is -0.133. The molecule has 6 nitrogen and oxygen atoms in total. The van der Waals surface area contributed by atoms with Crippen LogP contribution in [0.3, 0.4) is 0 Å². The Morgan fingerprint density at radius 3 is 2.52 bits per heavy atom. The second-order valence-electron chi connectivity index (χ2n) is 5.76. The molecule has 0 saturated carbocycles. The number of carbonyl (C=O) groups excluding carboxylic acids is 1. The fourth-order valence-corrected chi connectivity index (χ4v) is 2.89. The van der Waals surface area contributed by atoms with E-state index in [1.165, 1.54) is 5.56 Å². The van der Waals surface area contributed by atoms with Gasteiger partial charge in [0.2, 0.25) is 5.91 Å². The summed E-state index contributed by atoms with van der Waals surface area (Å²) < 4.78 is 12.4. The Bertz CT molecular complexity index is 724. The van der Waals surface area contributed by atoms with Crippen LogP contribution >= 0.6 is 0 Å². The van der Waals surface area contributed by atoms with Crippen LogP contribution in [-0.4, -0.2) is 41.4 Å². The number of methoxy groups -OCH3 is 2. The highest BCUT2D eigenvalue weighted by Crippen LogP contribution is 2.33. The number of fused-ring (bicyclic) bond motifs is 1. The molecule has 0 N–H and O–H groups in total. The molecule has 23 heavy (non-hydrogen) atoms. The first-order valence-corrected chi connectivity index (χ1v) is 7.61. The number of aromatic nitrogens is 2. The Labute approximate surface area is 135 Å². The fraction of sp³-hybridized carbons (Fsp3) is 0.412. The van der Waals surface area contributed by atoms with Crippen LogP contribution in [0.15, 0.2) is 24.5 Å². The van der Waals surface area contributed by atoms with Crippen molar-refractivity contribution in [1.29, 1.82) is 0 Å². The van der Waals surface area contributed by atoms with Gasteiger partial charge in [0.25, 0.3) is 0 Å². The second kappa shape index (κ2) is 6.32. The van der Waals surface area contributed by atoms with Gasteiger partial charge in [0.15, 0.2) is 11.5 Å². The van der Waals surface area contributed by atoms with E-state index >= 15 is 0 Å². The maximum atomic E-state index is 12.5. The van der Waals surface area contributed by atoms with Gasteiger partial charge < -0.3 is 14.4 Å². The number of hydrogen-bond donors (Lipinski definition) is 0. The minimum Gasteiger partial charge on any atom is -0.493 e. The number of nitrogens with zero attached hydrogens (tertiary/aromatic N) is 3. The Balaban J connectivity index is 1.75. The summed E-state index contributed by atoms with van der Waals surface area (Å²) in [7, 11) is 3.25. The highest BCUT2D eigenvalue weighted by molar-refractivity contribution is 5.76. The number of hydrogen-bond acceptors (Lipinski definition) is 4. The maximum absolute atomic E-state index is 12.5. The molecule has 1 aliphatic heterocycles. The second-order valence-corrected chi connectivity index (χ2v) is 5.76.